The third-order valence-electron chi connectivity index (χ3n) is 3.43. The summed E-state index contributed by atoms with van der Waals surface area (Å²) in [4.78, 5) is 26.9. The number of nitro groups is 1. The zero-order valence-corrected chi connectivity index (χ0v) is 12.1. The van der Waals surface area contributed by atoms with Crippen LogP contribution in [0.2, 0.25) is 0 Å². The Morgan fingerprint density at radius 2 is 1.96 bits per heavy atom. The standard InChI is InChI=1S/C17H13N3O3/c21-17-15-11-14(20(22)23)8-9-16(15)18-12-19(17)10-4-7-13-5-2-1-3-6-13/h1-9,11-12H,10H2/b7-4+. The van der Waals surface area contributed by atoms with Crippen LogP contribution in [0.1, 0.15) is 5.56 Å². The summed E-state index contributed by atoms with van der Waals surface area (Å²) < 4.78 is 1.42. The molecule has 1 heterocycles. The Bertz CT molecular complexity index is 946. The predicted molar refractivity (Wildman–Crippen MR) is 88.1 cm³/mol. The van der Waals surface area contributed by atoms with Crippen LogP contribution in [0.3, 0.4) is 0 Å². The summed E-state index contributed by atoms with van der Waals surface area (Å²) in [6, 6.07) is 13.8. The summed E-state index contributed by atoms with van der Waals surface area (Å²) in [6.07, 6.45) is 5.21. The molecule has 0 aliphatic carbocycles. The van der Waals surface area contributed by atoms with Crippen LogP contribution in [0, 0.1) is 10.1 Å². The number of non-ortho nitro benzene ring substituents is 1. The summed E-state index contributed by atoms with van der Waals surface area (Å²) in [5.74, 6) is 0. The number of nitro benzene ring substituents is 1. The predicted octanol–water partition coefficient (Wildman–Crippen LogP) is 3.02. The van der Waals surface area contributed by atoms with E-state index in [1.807, 2.05) is 42.5 Å². The van der Waals surface area contributed by atoms with Crippen LogP contribution in [0.25, 0.3) is 17.0 Å². The molecular weight excluding hydrogens is 294 g/mol. The second kappa shape index (κ2) is 6.23. The van der Waals surface area contributed by atoms with Gasteiger partial charge in [0.2, 0.25) is 0 Å². The molecule has 0 N–H and O–H groups in total. The summed E-state index contributed by atoms with van der Waals surface area (Å²) in [6.45, 7) is 0.347. The first-order chi connectivity index (χ1) is 11.1. The largest absolute Gasteiger partial charge is 0.295 e. The van der Waals surface area contributed by atoms with Gasteiger partial charge in [0.25, 0.3) is 11.2 Å². The van der Waals surface area contributed by atoms with Crippen molar-refractivity contribution < 1.29 is 4.92 Å². The molecule has 0 atom stereocenters. The highest BCUT2D eigenvalue weighted by Crippen LogP contribution is 2.16. The van der Waals surface area contributed by atoms with E-state index in [1.54, 1.807) is 0 Å². The maximum atomic E-state index is 12.4. The quantitative estimate of drug-likeness (QED) is 0.548. The minimum absolute atomic E-state index is 0.117. The van der Waals surface area contributed by atoms with Gasteiger partial charge in [0.15, 0.2) is 0 Å². The van der Waals surface area contributed by atoms with Crippen LogP contribution in [0.15, 0.2) is 65.7 Å². The van der Waals surface area contributed by atoms with E-state index in [4.69, 9.17) is 0 Å². The smallest absolute Gasteiger partial charge is 0.270 e. The van der Waals surface area contributed by atoms with Crippen molar-refractivity contribution in [3.05, 3.63) is 87.0 Å². The average molecular weight is 307 g/mol. The second-order valence-electron chi connectivity index (χ2n) is 4.97. The Balaban J connectivity index is 1.92. The first kappa shape index (κ1) is 14.6. The molecule has 0 amide bonds. The summed E-state index contributed by atoms with van der Waals surface area (Å²) in [7, 11) is 0. The lowest BCUT2D eigenvalue weighted by atomic mass is 10.2. The van der Waals surface area contributed by atoms with Gasteiger partial charge in [-0.2, -0.15) is 0 Å². The zero-order valence-electron chi connectivity index (χ0n) is 12.1. The van der Waals surface area contributed by atoms with Crippen molar-refractivity contribution in [3.63, 3.8) is 0 Å². The molecule has 0 radical (unpaired) electrons. The minimum atomic E-state index is -0.522. The minimum Gasteiger partial charge on any atom is -0.295 e. The normalized spacial score (nSPS) is 11.1. The Morgan fingerprint density at radius 1 is 1.17 bits per heavy atom. The van der Waals surface area contributed by atoms with Crippen molar-refractivity contribution in [2.24, 2.45) is 0 Å². The van der Waals surface area contributed by atoms with Crippen LogP contribution in [0.4, 0.5) is 5.69 Å². The number of allylic oxidation sites excluding steroid dienone is 1. The topological polar surface area (TPSA) is 78.0 Å². The van der Waals surface area contributed by atoms with Crippen molar-refractivity contribution >= 4 is 22.7 Å². The third kappa shape index (κ3) is 3.16. The van der Waals surface area contributed by atoms with Gasteiger partial charge in [-0.15, -0.1) is 0 Å². The SMILES string of the molecule is O=c1c2cc([N+](=O)[O-])ccc2ncn1C/C=C/c1ccccc1. The zero-order chi connectivity index (χ0) is 16.2. The number of benzene rings is 2. The molecule has 0 fully saturated rings. The van der Waals surface area contributed by atoms with E-state index in [0.717, 1.165) is 5.56 Å². The molecule has 1 aromatic heterocycles. The van der Waals surface area contributed by atoms with E-state index < -0.39 is 4.92 Å². The number of hydrogen-bond donors (Lipinski definition) is 0. The van der Waals surface area contributed by atoms with Crippen molar-refractivity contribution in [3.8, 4) is 0 Å². The molecule has 6 nitrogen and oxygen atoms in total. The maximum absolute atomic E-state index is 12.4. The Kier molecular flexibility index (Phi) is 3.97. The van der Waals surface area contributed by atoms with E-state index in [9.17, 15) is 14.9 Å². The molecule has 3 rings (SSSR count). The molecule has 6 heteroatoms. The first-order valence-electron chi connectivity index (χ1n) is 7.00. The van der Waals surface area contributed by atoms with Gasteiger partial charge in [-0.05, 0) is 11.6 Å². The van der Waals surface area contributed by atoms with Gasteiger partial charge < -0.3 is 0 Å². The number of hydrogen-bond acceptors (Lipinski definition) is 4. The van der Waals surface area contributed by atoms with Gasteiger partial charge in [0, 0.05) is 18.7 Å². The van der Waals surface area contributed by atoms with E-state index in [2.05, 4.69) is 4.98 Å². The maximum Gasteiger partial charge on any atom is 0.270 e. The number of nitrogens with zero attached hydrogens (tertiary/aromatic N) is 3. The van der Waals surface area contributed by atoms with Crippen molar-refractivity contribution in [1.82, 2.24) is 9.55 Å². The first-order valence-corrected chi connectivity index (χ1v) is 7.00. The van der Waals surface area contributed by atoms with Crippen molar-refractivity contribution in [2.75, 3.05) is 0 Å². The molecule has 0 aliphatic rings. The second-order valence-corrected chi connectivity index (χ2v) is 4.97. The monoisotopic (exact) mass is 307 g/mol. The molecule has 0 saturated carbocycles. The molecular formula is C17H13N3O3. The van der Waals surface area contributed by atoms with Gasteiger partial charge in [-0.25, -0.2) is 4.98 Å². The van der Waals surface area contributed by atoms with Gasteiger partial charge in [-0.3, -0.25) is 19.5 Å². The van der Waals surface area contributed by atoms with Crippen molar-refractivity contribution in [1.29, 1.82) is 0 Å². The van der Waals surface area contributed by atoms with Gasteiger partial charge in [0.1, 0.15) is 0 Å². The van der Waals surface area contributed by atoms with E-state index in [0.29, 0.717) is 12.1 Å². The summed E-state index contributed by atoms with van der Waals surface area (Å²) in [5.41, 5.74) is 1.07. The van der Waals surface area contributed by atoms with Gasteiger partial charge in [0.05, 0.1) is 22.2 Å². The number of aromatic nitrogens is 2. The van der Waals surface area contributed by atoms with E-state index in [1.165, 1.54) is 29.1 Å². The summed E-state index contributed by atoms with van der Waals surface area (Å²) >= 11 is 0. The number of rotatable bonds is 4. The van der Waals surface area contributed by atoms with Crippen LogP contribution in [-0.4, -0.2) is 14.5 Å². The Hall–Kier alpha value is -3.28. The fourth-order valence-electron chi connectivity index (χ4n) is 2.26. The molecule has 114 valence electrons. The Morgan fingerprint density at radius 3 is 2.70 bits per heavy atom. The molecule has 0 spiro atoms. The van der Waals surface area contributed by atoms with Crippen LogP contribution in [-0.2, 0) is 6.54 Å². The highest BCUT2D eigenvalue weighted by Gasteiger charge is 2.10. The van der Waals surface area contributed by atoms with E-state index in [-0.39, 0.29) is 16.6 Å². The summed E-state index contributed by atoms with van der Waals surface area (Å²) in [5, 5.41) is 11.1. The van der Waals surface area contributed by atoms with Crippen LogP contribution < -0.4 is 5.56 Å². The van der Waals surface area contributed by atoms with Crippen LogP contribution in [0.5, 0.6) is 0 Å². The number of fused-ring (bicyclic) bond motifs is 1. The highest BCUT2D eigenvalue weighted by molar-refractivity contribution is 5.79. The highest BCUT2D eigenvalue weighted by atomic mass is 16.6. The van der Waals surface area contributed by atoms with Gasteiger partial charge in [-0.1, -0.05) is 42.5 Å². The lowest BCUT2D eigenvalue weighted by Gasteiger charge is -2.03. The fourth-order valence-corrected chi connectivity index (χ4v) is 2.26. The molecule has 0 saturated heterocycles. The third-order valence-corrected chi connectivity index (χ3v) is 3.43. The average Bonchev–Trinajstić information content (AvgIpc) is 2.57. The van der Waals surface area contributed by atoms with Crippen LogP contribution >= 0.6 is 0 Å². The molecule has 0 bridgehead atoms. The lowest BCUT2D eigenvalue weighted by molar-refractivity contribution is -0.384. The van der Waals surface area contributed by atoms with Crippen molar-refractivity contribution in [2.45, 2.75) is 6.54 Å². The molecule has 3 aromatic rings. The van der Waals surface area contributed by atoms with Gasteiger partial charge >= 0.3 is 0 Å². The Labute approximate surface area is 131 Å². The molecule has 23 heavy (non-hydrogen) atoms. The van der Waals surface area contributed by atoms with E-state index >= 15 is 0 Å². The lowest BCUT2D eigenvalue weighted by Crippen LogP contribution is -2.19. The molecule has 2 aromatic carbocycles. The fraction of sp³-hybridized carbons (Fsp3) is 0.0588. The molecule has 0 aliphatic heterocycles. The molecule has 0 unspecified atom stereocenters.